The zero-order chi connectivity index (χ0) is 8.27. The monoisotopic (exact) mass is 187 g/mol. The lowest BCUT2D eigenvalue weighted by molar-refractivity contribution is -0.379. The molecule has 4 nitrogen and oxygen atoms in total. The SMILES string of the molecule is O=[NH+]c1cccc(C(=O)Cl)c1.[OH-]. The number of hydrogen-bond donors (Lipinski definition) is 1. The predicted molar refractivity (Wildman–Crippen MR) is 42.6 cm³/mol. The molecule has 0 aliphatic heterocycles. The minimum atomic E-state index is -0.568. The van der Waals surface area contributed by atoms with Crippen LogP contribution in [0.15, 0.2) is 24.3 Å². The first-order chi connectivity index (χ1) is 5.24. The van der Waals surface area contributed by atoms with Crippen LogP contribution in [0.1, 0.15) is 10.4 Å². The summed E-state index contributed by atoms with van der Waals surface area (Å²) in [7, 11) is 0. The van der Waals surface area contributed by atoms with Crippen molar-refractivity contribution in [1.29, 1.82) is 0 Å². The van der Waals surface area contributed by atoms with Crippen molar-refractivity contribution in [3.8, 4) is 0 Å². The number of hydrogen-bond acceptors (Lipinski definition) is 3. The van der Waals surface area contributed by atoms with Crippen LogP contribution in [0.25, 0.3) is 0 Å². The van der Waals surface area contributed by atoms with E-state index in [1.807, 2.05) is 0 Å². The van der Waals surface area contributed by atoms with Gasteiger partial charge in [-0.15, -0.1) is 0 Å². The van der Waals surface area contributed by atoms with Crippen molar-refractivity contribution in [2.75, 3.05) is 0 Å². The van der Waals surface area contributed by atoms with Gasteiger partial charge in [-0.3, -0.25) is 4.79 Å². The molecule has 0 saturated carbocycles. The number of halogens is 1. The van der Waals surface area contributed by atoms with E-state index in [1.54, 1.807) is 17.3 Å². The summed E-state index contributed by atoms with van der Waals surface area (Å²) in [6.07, 6.45) is 0. The molecular formula is C7H6ClNO3. The van der Waals surface area contributed by atoms with Gasteiger partial charge in [-0.05, 0) is 17.7 Å². The highest BCUT2D eigenvalue weighted by Gasteiger charge is 2.04. The van der Waals surface area contributed by atoms with Crippen LogP contribution in [-0.4, -0.2) is 10.7 Å². The van der Waals surface area contributed by atoms with Gasteiger partial charge in [0.25, 0.3) is 10.9 Å². The van der Waals surface area contributed by atoms with Gasteiger partial charge in [0.15, 0.2) is 0 Å². The second-order valence-corrected chi connectivity index (χ2v) is 2.30. The third kappa shape index (κ3) is 2.41. The first kappa shape index (κ1) is 10.7. The van der Waals surface area contributed by atoms with E-state index in [9.17, 15) is 9.70 Å². The molecule has 64 valence electrons. The van der Waals surface area contributed by atoms with Gasteiger partial charge >= 0.3 is 0 Å². The van der Waals surface area contributed by atoms with Gasteiger partial charge in [0.2, 0.25) is 0 Å². The Hall–Kier alpha value is -1.26. The zero-order valence-corrected chi connectivity index (χ0v) is 6.71. The molecule has 12 heavy (non-hydrogen) atoms. The molecule has 0 amide bonds. The quantitative estimate of drug-likeness (QED) is 0.680. The first-order valence-corrected chi connectivity index (χ1v) is 3.30. The third-order valence-corrected chi connectivity index (χ3v) is 1.43. The molecule has 0 aliphatic carbocycles. The molecule has 1 rings (SSSR count). The van der Waals surface area contributed by atoms with Gasteiger partial charge in [-0.1, -0.05) is 6.07 Å². The van der Waals surface area contributed by atoms with Crippen molar-refractivity contribution in [3.63, 3.8) is 0 Å². The number of nitroso groups, excluding NO2 is 1. The Kier molecular flexibility index (Phi) is 4.10. The van der Waals surface area contributed by atoms with Crippen LogP contribution < -0.4 is 5.18 Å². The fraction of sp³-hybridized carbons (Fsp3) is 0. The molecule has 0 radical (unpaired) electrons. The summed E-state index contributed by atoms with van der Waals surface area (Å²) < 4.78 is 0. The van der Waals surface area contributed by atoms with E-state index in [4.69, 9.17) is 11.6 Å². The summed E-state index contributed by atoms with van der Waals surface area (Å²) in [5, 5.41) is 1.09. The molecular weight excluding hydrogens is 182 g/mol. The van der Waals surface area contributed by atoms with Crippen molar-refractivity contribution in [2.45, 2.75) is 0 Å². The topological polar surface area (TPSA) is 78.1 Å². The van der Waals surface area contributed by atoms with E-state index in [0.717, 1.165) is 0 Å². The highest BCUT2D eigenvalue weighted by Crippen LogP contribution is 2.07. The largest absolute Gasteiger partial charge is 0.870 e. The van der Waals surface area contributed by atoms with Crippen LogP contribution in [0, 0.1) is 4.91 Å². The fourth-order valence-electron chi connectivity index (χ4n) is 0.705. The third-order valence-electron chi connectivity index (χ3n) is 1.21. The highest BCUT2D eigenvalue weighted by atomic mass is 35.5. The number of carbonyl (C=O) groups is 1. The average molecular weight is 188 g/mol. The lowest BCUT2D eigenvalue weighted by atomic mass is 10.2. The maximum atomic E-state index is 10.5. The number of rotatable bonds is 2. The minimum Gasteiger partial charge on any atom is -0.870 e. The van der Waals surface area contributed by atoms with Crippen LogP contribution in [0.5, 0.6) is 0 Å². The Labute approximate surface area is 73.4 Å². The second kappa shape index (κ2) is 4.58. The van der Waals surface area contributed by atoms with Gasteiger partial charge in [0, 0.05) is 27.8 Å². The second-order valence-electron chi connectivity index (χ2n) is 1.96. The Morgan fingerprint density at radius 3 is 2.58 bits per heavy atom. The molecule has 0 unspecified atom stereocenters. The summed E-state index contributed by atoms with van der Waals surface area (Å²) in [6, 6.07) is 6.06. The molecule has 0 spiro atoms. The van der Waals surface area contributed by atoms with Crippen molar-refractivity contribution < 1.29 is 15.4 Å². The van der Waals surface area contributed by atoms with Crippen molar-refractivity contribution in [2.24, 2.45) is 0 Å². The van der Waals surface area contributed by atoms with E-state index >= 15 is 0 Å². The average Bonchev–Trinajstić information content (AvgIpc) is 2.05. The fourth-order valence-corrected chi connectivity index (χ4v) is 0.822. The van der Waals surface area contributed by atoms with Gasteiger partial charge < -0.3 is 5.48 Å². The predicted octanol–water partition coefficient (Wildman–Crippen LogP) is 0.367. The van der Waals surface area contributed by atoms with Gasteiger partial charge in [-0.2, -0.15) is 0 Å². The standard InChI is InChI=1S/C7H4ClNO2.H2O/c8-7(10)5-2-1-3-6(4-5)9-11;/h1-4H;1H2. The van der Waals surface area contributed by atoms with E-state index in [1.165, 1.54) is 12.1 Å². The molecule has 1 aromatic rings. The van der Waals surface area contributed by atoms with E-state index in [0.29, 0.717) is 11.3 Å². The Balaban J connectivity index is 0.00000121. The van der Waals surface area contributed by atoms with E-state index in [2.05, 4.69) is 0 Å². The summed E-state index contributed by atoms with van der Waals surface area (Å²) in [5.41, 5.74) is 0.643. The summed E-state index contributed by atoms with van der Waals surface area (Å²) in [5.74, 6) is 0. The van der Waals surface area contributed by atoms with Gasteiger partial charge in [0.1, 0.15) is 0 Å². The van der Waals surface area contributed by atoms with Crippen molar-refractivity contribution >= 4 is 22.5 Å². The van der Waals surface area contributed by atoms with Crippen LogP contribution in [0.2, 0.25) is 0 Å². The van der Waals surface area contributed by atoms with Crippen LogP contribution in [-0.2, 0) is 0 Å². The molecule has 0 fully saturated rings. The number of carbonyl (C=O) groups excluding carboxylic acids is 1. The molecule has 1 aromatic carbocycles. The lowest BCUT2D eigenvalue weighted by Gasteiger charge is -1.88. The van der Waals surface area contributed by atoms with Gasteiger partial charge in [-0.25, -0.2) is 0 Å². The molecule has 0 saturated heterocycles. The van der Waals surface area contributed by atoms with Gasteiger partial charge in [0.05, 0.1) is 0 Å². The Morgan fingerprint density at radius 2 is 2.08 bits per heavy atom. The van der Waals surface area contributed by atoms with Crippen molar-refractivity contribution in [3.05, 3.63) is 34.7 Å². The Morgan fingerprint density at radius 1 is 1.42 bits per heavy atom. The molecule has 0 aliphatic rings. The zero-order valence-electron chi connectivity index (χ0n) is 5.95. The molecule has 0 atom stereocenters. The molecule has 0 aromatic heterocycles. The van der Waals surface area contributed by atoms with E-state index in [-0.39, 0.29) is 5.48 Å². The van der Waals surface area contributed by atoms with Crippen molar-refractivity contribution in [1.82, 2.24) is 0 Å². The van der Waals surface area contributed by atoms with Crippen LogP contribution in [0.3, 0.4) is 0 Å². The maximum Gasteiger partial charge on any atom is 0.254 e. The van der Waals surface area contributed by atoms with Crippen LogP contribution >= 0.6 is 11.6 Å². The summed E-state index contributed by atoms with van der Waals surface area (Å²) >= 11 is 5.16. The Bertz CT molecular complexity index is 300. The summed E-state index contributed by atoms with van der Waals surface area (Å²) in [4.78, 5) is 20.7. The molecule has 0 heterocycles. The summed E-state index contributed by atoms with van der Waals surface area (Å²) in [6.45, 7) is 0. The smallest absolute Gasteiger partial charge is 0.254 e. The number of benzene rings is 1. The molecule has 2 N–H and O–H groups in total. The molecule has 5 heteroatoms. The lowest BCUT2D eigenvalue weighted by Crippen LogP contribution is -2.55. The van der Waals surface area contributed by atoms with E-state index < -0.39 is 5.24 Å². The minimum absolute atomic E-state index is 0. The first-order valence-electron chi connectivity index (χ1n) is 2.92. The maximum absolute atomic E-state index is 10.5. The normalized spacial score (nSPS) is 8.42. The molecule has 0 bridgehead atoms. The number of nitrogens with one attached hydrogen (secondary N) is 1. The highest BCUT2D eigenvalue weighted by molar-refractivity contribution is 6.67. The van der Waals surface area contributed by atoms with Crippen LogP contribution in [0.4, 0.5) is 5.69 Å².